The molecule has 0 spiro atoms. The van der Waals surface area contributed by atoms with Gasteiger partial charge in [-0.25, -0.2) is 4.99 Å². The number of aliphatic imine (C=N–C) groups is 1. The van der Waals surface area contributed by atoms with Gasteiger partial charge < -0.3 is 15.7 Å². The van der Waals surface area contributed by atoms with E-state index in [0.29, 0.717) is 25.5 Å². The van der Waals surface area contributed by atoms with E-state index in [4.69, 9.17) is 0 Å². The van der Waals surface area contributed by atoms with Gasteiger partial charge in [-0.2, -0.15) is 5.10 Å². The number of aliphatic hydroxyl groups is 1. The summed E-state index contributed by atoms with van der Waals surface area (Å²) in [7, 11) is 1.94. The highest BCUT2D eigenvalue weighted by molar-refractivity contribution is 5.79. The third-order valence-corrected chi connectivity index (χ3v) is 4.22. The van der Waals surface area contributed by atoms with Crippen LogP contribution in [0.15, 0.2) is 35.3 Å². The molecule has 1 aromatic heterocycles. The summed E-state index contributed by atoms with van der Waals surface area (Å²) >= 11 is 0. The van der Waals surface area contributed by atoms with Crippen molar-refractivity contribution in [1.82, 2.24) is 20.4 Å². The topological polar surface area (TPSA) is 74.5 Å². The molecule has 2 rings (SSSR count). The predicted molar refractivity (Wildman–Crippen MR) is 102 cm³/mol. The Kier molecular flexibility index (Phi) is 7.01. The largest absolute Gasteiger partial charge is 0.391 e. The molecule has 2 aromatic rings. The van der Waals surface area contributed by atoms with Gasteiger partial charge in [-0.1, -0.05) is 30.3 Å². The number of hydrogen-bond donors (Lipinski definition) is 3. The predicted octanol–water partition coefficient (Wildman–Crippen LogP) is 1.70. The maximum atomic E-state index is 10.2. The fourth-order valence-electron chi connectivity index (χ4n) is 2.72. The molecule has 1 aromatic carbocycles. The minimum Gasteiger partial charge on any atom is -0.391 e. The maximum Gasteiger partial charge on any atom is 0.191 e. The summed E-state index contributed by atoms with van der Waals surface area (Å²) in [5.74, 6) is 0.706. The Hall–Kier alpha value is -2.34. The van der Waals surface area contributed by atoms with E-state index in [9.17, 15) is 5.11 Å². The van der Waals surface area contributed by atoms with Gasteiger partial charge in [-0.15, -0.1) is 0 Å². The van der Waals surface area contributed by atoms with Crippen LogP contribution >= 0.6 is 0 Å². The number of nitrogens with zero attached hydrogens (tertiary/aromatic N) is 3. The van der Waals surface area contributed by atoms with Gasteiger partial charge in [0.1, 0.15) is 0 Å². The molecular weight excluding hydrogens is 314 g/mol. The lowest BCUT2D eigenvalue weighted by Gasteiger charge is -2.15. The van der Waals surface area contributed by atoms with Gasteiger partial charge in [0.25, 0.3) is 0 Å². The molecule has 136 valence electrons. The Morgan fingerprint density at radius 1 is 1.24 bits per heavy atom. The Bertz CT molecular complexity index is 693. The molecule has 0 aliphatic carbocycles. The zero-order valence-electron chi connectivity index (χ0n) is 15.6. The summed E-state index contributed by atoms with van der Waals surface area (Å²) in [5.41, 5.74) is 4.40. The van der Waals surface area contributed by atoms with E-state index in [-0.39, 0.29) is 0 Å². The lowest BCUT2D eigenvalue weighted by molar-refractivity contribution is 0.177. The number of aliphatic hydroxyl groups excluding tert-OH is 1. The lowest BCUT2D eigenvalue weighted by Crippen LogP contribution is -2.41. The van der Waals surface area contributed by atoms with E-state index < -0.39 is 6.10 Å². The van der Waals surface area contributed by atoms with Crippen LogP contribution in [0.5, 0.6) is 0 Å². The molecular formula is C19H29N5O. The summed E-state index contributed by atoms with van der Waals surface area (Å²) < 4.78 is 1.88. The monoisotopic (exact) mass is 343 g/mol. The number of nitrogens with one attached hydrogen (secondary N) is 2. The minimum atomic E-state index is -0.465. The summed E-state index contributed by atoms with van der Waals surface area (Å²) in [6.07, 6.45) is 0.154. The lowest BCUT2D eigenvalue weighted by atomic mass is 10.1. The normalized spacial score (nSPS) is 12.9. The fraction of sp³-hybridized carbons (Fsp3) is 0.474. The van der Waals surface area contributed by atoms with Gasteiger partial charge in [0, 0.05) is 37.8 Å². The minimum absolute atomic E-state index is 0.450. The van der Waals surface area contributed by atoms with Crippen LogP contribution in [0.3, 0.4) is 0 Å². The summed E-state index contributed by atoms with van der Waals surface area (Å²) in [4.78, 5) is 4.63. The molecule has 0 saturated carbocycles. The van der Waals surface area contributed by atoms with Crippen molar-refractivity contribution in [3.05, 3.63) is 52.8 Å². The van der Waals surface area contributed by atoms with E-state index in [1.165, 1.54) is 0 Å². The van der Waals surface area contributed by atoms with E-state index in [1.807, 2.05) is 55.9 Å². The first kappa shape index (κ1) is 19.0. The molecule has 6 nitrogen and oxygen atoms in total. The van der Waals surface area contributed by atoms with Crippen LogP contribution < -0.4 is 10.6 Å². The standard InChI is InChI=1S/C19H29N5O/c1-5-20-19(22-13-18-14(2)23-24(4)15(18)3)21-12-17(25)11-16-9-7-6-8-10-16/h6-10,17,25H,5,11-13H2,1-4H3,(H2,20,21,22). The molecule has 3 N–H and O–H groups in total. The average Bonchev–Trinajstić information content (AvgIpc) is 2.83. The molecule has 6 heteroatoms. The average molecular weight is 343 g/mol. The van der Waals surface area contributed by atoms with Crippen molar-refractivity contribution in [2.45, 2.75) is 39.8 Å². The molecule has 0 saturated heterocycles. The smallest absolute Gasteiger partial charge is 0.191 e. The van der Waals surface area contributed by atoms with Crippen LogP contribution in [0.25, 0.3) is 0 Å². The van der Waals surface area contributed by atoms with E-state index >= 15 is 0 Å². The number of hydrogen-bond acceptors (Lipinski definition) is 3. The van der Waals surface area contributed by atoms with E-state index in [0.717, 1.165) is 29.1 Å². The van der Waals surface area contributed by atoms with Crippen LogP contribution in [0.1, 0.15) is 29.4 Å². The second kappa shape index (κ2) is 9.22. The molecule has 1 heterocycles. The van der Waals surface area contributed by atoms with Crippen molar-refractivity contribution in [1.29, 1.82) is 0 Å². The van der Waals surface area contributed by atoms with Crippen molar-refractivity contribution >= 4 is 5.96 Å². The molecule has 0 fully saturated rings. The quantitative estimate of drug-likeness (QED) is 0.528. The number of aryl methyl sites for hydroxylation is 2. The molecule has 1 atom stereocenters. The Morgan fingerprint density at radius 2 is 1.96 bits per heavy atom. The van der Waals surface area contributed by atoms with Crippen molar-refractivity contribution in [2.75, 3.05) is 13.1 Å². The SMILES string of the molecule is CCNC(=NCc1c(C)nn(C)c1C)NCC(O)Cc1ccccc1. The van der Waals surface area contributed by atoms with Gasteiger partial charge in [0.05, 0.1) is 18.3 Å². The summed E-state index contributed by atoms with van der Waals surface area (Å²) in [6, 6.07) is 10.00. The third kappa shape index (κ3) is 5.60. The van der Waals surface area contributed by atoms with Crippen LogP contribution in [-0.4, -0.2) is 40.0 Å². The number of rotatable bonds is 7. The van der Waals surface area contributed by atoms with E-state index in [1.54, 1.807) is 0 Å². The van der Waals surface area contributed by atoms with Crippen molar-refractivity contribution in [3.63, 3.8) is 0 Å². The Labute approximate surface area is 150 Å². The Morgan fingerprint density at radius 3 is 2.56 bits per heavy atom. The molecule has 1 unspecified atom stereocenters. The van der Waals surface area contributed by atoms with Crippen LogP contribution in [0, 0.1) is 13.8 Å². The van der Waals surface area contributed by atoms with Gasteiger partial charge in [-0.3, -0.25) is 4.68 Å². The first-order valence-corrected chi connectivity index (χ1v) is 8.74. The number of benzene rings is 1. The number of aromatic nitrogens is 2. The van der Waals surface area contributed by atoms with Crippen LogP contribution in [0.4, 0.5) is 0 Å². The highest BCUT2D eigenvalue weighted by Crippen LogP contribution is 2.12. The van der Waals surface area contributed by atoms with E-state index in [2.05, 4.69) is 27.6 Å². The van der Waals surface area contributed by atoms with Crippen molar-refractivity contribution in [2.24, 2.45) is 12.0 Å². The van der Waals surface area contributed by atoms with Gasteiger partial charge in [0.2, 0.25) is 0 Å². The zero-order valence-corrected chi connectivity index (χ0v) is 15.6. The second-order valence-electron chi connectivity index (χ2n) is 6.19. The third-order valence-electron chi connectivity index (χ3n) is 4.22. The maximum absolute atomic E-state index is 10.2. The molecule has 0 bridgehead atoms. The molecule has 0 aliphatic heterocycles. The van der Waals surface area contributed by atoms with Gasteiger partial charge in [-0.05, 0) is 26.3 Å². The Balaban J connectivity index is 1.93. The highest BCUT2D eigenvalue weighted by Gasteiger charge is 2.10. The summed E-state index contributed by atoms with van der Waals surface area (Å²) in [5, 5.41) is 21.1. The molecule has 0 amide bonds. The van der Waals surface area contributed by atoms with Crippen molar-refractivity contribution in [3.8, 4) is 0 Å². The van der Waals surface area contributed by atoms with Crippen LogP contribution in [-0.2, 0) is 20.0 Å². The van der Waals surface area contributed by atoms with Gasteiger partial charge in [0.15, 0.2) is 5.96 Å². The fourth-order valence-corrected chi connectivity index (χ4v) is 2.72. The molecule has 25 heavy (non-hydrogen) atoms. The first-order chi connectivity index (χ1) is 12.0. The molecule has 0 aliphatic rings. The van der Waals surface area contributed by atoms with Gasteiger partial charge >= 0.3 is 0 Å². The zero-order chi connectivity index (χ0) is 18.2. The van der Waals surface area contributed by atoms with Crippen LogP contribution in [0.2, 0.25) is 0 Å². The second-order valence-corrected chi connectivity index (χ2v) is 6.19. The summed E-state index contributed by atoms with van der Waals surface area (Å²) in [6.45, 7) is 7.86. The first-order valence-electron chi connectivity index (χ1n) is 8.74. The number of guanidine groups is 1. The molecule has 0 radical (unpaired) electrons. The van der Waals surface area contributed by atoms with Crippen molar-refractivity contribution < 1.29 is 5.11 Å². The highest BCUT2D eigenvalue weighted by atomic mass is 16.3.